The van der Waals surface area contributed by atoms with Crippen LogP contribution >= 0.6 is 0 Å². The molecule has 0 radical (unpaired) electrons. The maximum atomic E-state index is 6.15. The van der Waals surface area contributed by atoms with E-state index in [0.717, 1.165) is 25.3 Å². The lowest BCUT2D eigenvalue weighted by molar-refractivity contribution is 0.506. The number of hydrogen-bond donors (Lipinski definition) is 1. The topological polar surface area (TPSA) is 43.8 Å². The molecule has 1 aromatic rings. The Labute approximate surface area is 85.3 Å². The van der Waals surface area contributed by atoms with Crippen molar-refractivity contribution in [3.63, 3.8) is 0 Å². The van der Waals surface area contributed by atoms with E-state index < -0.39 is 0 Å². The van der Waals surface area contributed by atoms with Crippen LogP contribution in [-0.4, -0.2) is 9.78 Å². The summed E-state index contributed by atoms with van der Waals surface area (Å²) in [5, 5.41) is 4.29. The van der Waals surface area contributed by atoms with E-state index in [4.69, 9.17) is 5.73 Å². The third-order valence-electron chi connectivity index (χ3n) is 2.85. The summed E-state index contributed by atoms with van der Waals surface area (Å²) in [6.45, 7) is 3.15. The highest BCUT2D eigenvalue weighted by atomic mass is 15.3. The highest BCUT2D eigenvalue weighted by Crippen LogP contribution is 2.36. The van der Waals surface area contributed by atoms with Crippen molar-refractivity contribution < 1.29 is 0 Å². The first kappa shape index (κ1) is 9.71. The predicted octanol–water partition coefficient (Wildman–Crippen LogP) is 2.09. The number of aryl methyl sites for hydroxylation is 1. The second-order valence-electron chi connectivity index (χ2n) is 4.26. The molecule has 0 aromatic carbocycles. The van der Waals surface area contributed by atoms with Crippen molar-refractivity contribution in [2.75, 3.05) is 0 Å². The van der Waals surface area contributed by atoms with Gasteiger partial charge in [-0.15, -0.1) is 0 Å². The van der Waals surface area contributed by atoms with Gasteiger partial charge in [-0.3, -0.25) is 4.68 Å². The number of aromatic nitrogens is 2. The Morgan fingerprint density at radius 1 is 1.64 bits per heavy atom. The average Bonchev–Trinajstić information content (AvgIpc) is 2.83. The van der Waals surface area contributed by atoms with E-state index in [9.17, 15) is 0 Å². The Hall–Kier alpha value is -0.830. The van der Waals surface area contributed by atoms with Crippen molar-refractivity contribution in [2.45, 2.75) is 45.2 Å². The summed E-state index contributed by atoms with van der Waals surface area (Å²) in [5.74, 6) is 0.884. The summed E-state index contributed by atoms with van der Waals surface area (Å²) in [7, 11) is 0. The largest absolute Gasteiger partial charge is 0.323 e. The van der Waals surface area contributed by atoms with E-state index in [1.807, 2.05) is 10.9 Å². The lowest BCUT2D eigenvalue weighted by Crippen LogP contribution is -2.16. The van der Waals surface area contributed by atoms with Crippen molar-refractivity contribution in [3.8, 4) is 0 Å². The van der Waals surface area contributed by atoms with Gasteiger partial charge < -0.3 is 5.73 Å². The molecular weight excluding hydrogens is 174 g/mol. The zero-order valence-corrected chi connectivity index (χ0v) is 8.82. The van der Waals surface area contributed by atoms with Crippen molar-refractivity contribution in [1.82, 2.24) is 9.78 Å². The van der Waals surface area contributed by atoms with Crippen LogP contribution in [0.2, 0.25) is 0 Å². The molecule has 3 heteroatoms. The van der Waals surface area contributed by atoms with Gasteiger partial charge in [-0.05, 0) is 24.8 Å². The number of nitrogens with two attached hydrogens (primary N) is 1. The molecule has 14 heavy (non-hydrogen) atoms. The number of rotatable bonds is 5. The summed E-state index contributed by atoms with van der Waals surface area (Å²) in [5.41, 5.74) is 7.36. The van der Waals surface area contributed by atoms with E-state index in [2.05, 4.69) is 18.1 Å². The zero-order valence-electron chi connectivity index (χ0n) is 8.82. The molecule has 0 aliphatic heterocycles. The summed E-state index contributed by atoms with van der Waals surface area (Å²) < 4.78 is 2.05. The van der Waals surface area contributed by atoms with E-state index in [0.29, 0.717) is 0 Å². The predicted molar refractivity (Wildman–Crippen MR) is 56.8 cm³/mol. The van der Waals surface area contributed by atoms with Gasteiger partial charge in [0, 0.05) is 18.8 Å². The Morgan fingerprint density at radius 3 is 3.07 bits per heavy atom. The van der Waals surface area contributed by atoms with Crippen molar-refractivity contribution in [2.24, 2.45) is 11.7 Å². The van der Waals surface area contributed by atoms with Gasteiger partial charge in [-0.1, -0.05) is 19.8 Å². The molecule has 0 bridgehead atoms. The molecule has 0 saturated heterocycles. The monoisotopic (exact) mass is 193 g/mol. The smallest absolute Gasteiger partial charge is 0.0551 e. The first-order chi connectivity index (χ1) is 6.81. The van der Waals surface area contributed by atoms with Gasteiger partial charge in [-0.2, -0.15) is 5.10 Å². The van der Waals surface area contributed by atoms with Crippen LogP contribution in [0, 0.1) is 5.92 Å². The van der Waals surface area contributed by atoms with Crippen LogP contribution in [0.15, 0.2) is 12.3 Å². The maximum Gasteiger partial charge on any atom is 0.0551 e. The molecule has 1 unspecified atom stereocenters. The molecule has 2 N–H and O–H groups in total. The summed E-state index contributed by atoms with van der Waals surface area (Å²) in [4.78, 5) is 0. The minimum Gasteiger partial charge on any atom is -0.323 e. The molecule has 1 aromatic heterocycles. The van der Waals surface area contributed by atoms with Gasteiger partial charge in [0.15, 0.2) is 0 Å². The third-order valence-corrected chi connectivity index (χ3v) is 2.85. The maximum absolute atomic E-state index is 6.15. The molecule has 2 rings (SSSR count). The summed E-state index contributed by atoms with van der Waals surface area (Å²) in [6, 6.07) is 2.25. The fourth-order valence-electron chi connectivity index (χ4n) is 1.89. The lowest BCUT2D eigenvalue weighted by Gasteiger charge is -2.13. The first-order valence-electron chi connectivity index (χ1n) is 5.58. The Bertz CT molecular complexity index is 288. The van der Waals surface area contributed by atoms with Crippen molar-refractivity contribution in [1.29, 1.82) is 0 Å². The summed E-state index contributed by atoms with van der Waals surface area (Å²) in [6.07, 6.45) is 6.85. The zero-order chi connectivity index (χ0) is 9.97. The molecule has 1 saturated carbocycles. The van der Waals surface area contributed by atoms with Crippen LogP contribution < -0.4 is 5.73 Å². The number of nitrogens with zero attached hydrogens (tertiary/aromatic N) is 2. The van der Waals surface area contributed by atoms with Crippen molar-refractivity contribution in [3.05, 3.63) is 18.0 Å². The third kappa shape index (κ3) is 2.15. The molecule has 0 amide bonds. The molecule has 3 nitrogen and oxygen atoms in total. The van der Waals surface area contributed by atoms with Crippen LogP contribution in [0.1, 0.15) is 44.3 Å². The number of hydrogen-bond acceptors (Lipinski definition) is 2. The lowest BCUT2D eigenvalue weighted by atomic mass is 10.1. The van der Waals surface area contributed by atoms with Crippen LogP contribution in [-0.2, 0) is 6.54 Å². The normalized spacial score (nSPS) is 18.4. The van der Waals surface area contributed by atoms with Crippen LogP contribution in [0.4, 0.5) is 0 Å². The van der Waals surface area contributed by atoms with Gasteiger partial charge in [-0.25, -0.2) is 0 Å². The molecule has 1 aliphatic carbocycles. The average molecular weight is 193 g/mol. The van der Waals surface area contributed by atoms with E-state index >= 15 is 0 Å². The Morgan fingerprint density at radius 2 is 2.43 bits per heavy atom. The molecule has 78 valence electrons. The van der Waals surface area contributed by atoms with Gasteiger partial charge >= 0.3 is 0 Å². The highest BCUT2D eigenvalue weighted by Gasteiger charge is 2.25. The van der Waals surface area contributed by atoms with Crippen LogP contribution in [0.5, 0.6) is 0 Å². The Balaban J connectivity index is 2.00. The highest BCUT2D eigenvalue weighted by molar-refractivity contribution is 5.07. The molecule has 0 spiro atoms. The van der Waals surface area contributed by atoms with Gasteiger partial charge in [0.2, 0.25) is 0 Å². The Kier molecular flexibility index (Phi) is 2.87. The second kappa shape index (κ2) is 4.13. The van der Waals surface area contributed by atoms with Gasteiger partial charge in [0.1, 0.15) is 0 Å². The van der Waals surface area contributed by atoms with Crippen molar-refractivity contribution >= 4 is 0 Å². The van der Waals surface area contributed by atoms with E-state index in [1.165, 1.54) is 18.5 Å². The SMILES string of the molecule is CCCn1nccc1C(N)CC1CC1. The minimum absolute atomic E-state index is 0.191. The van der Waals surface area contributed by atoms with E-state index in [-0.39, 0.29) is 6.04 Å². The fraction of sp³-hybridized carbons (Fsp3) is 0.727. The fourth-order valence-corrected chi connectivity index (χ4v) is 1.89. The molecule has 1 aliphatic rings. The first-order valence-corrected chi connectivity index (χ1v) is 5.58. The molecular formula is C11H19N3. The van der Waals surface area contributed by atoms with E-state index in [1.54, 1.807) is 0 Å². The quantitative estimate of drug-likeness (QED) is 0.778. The van der Waals surface area contributed by atoms with Gasteiger partial charge in [0.05, 0.1) is 5.69 Å². The van der Waals surface area contributed by atoms with Gasteiger partial charge in [0.25, 0.3) is 0 Å². The standard InChI is InChI=1S/C11H19N3/c1-2-7-14-11(5-6-13-14)10(12)8-9-3-4-9/h5-6,9-10H,2-4,7-8,12H2,1H3. The molecule has 1 atom stereocenters. The second-order valence-corrected chi connectivity index (χ2v) is 4.26. The van der Waals surface area contributed by atoms with Crippen LogP contribution in [0.3, 0.4) is 0 Å². The minimum atomic E-state index is 0.191. The van der Waals surface area contributed by atoms with Crippen LogP contribution in [0.25, 0.3) is 0 Å². The summed E-state index contributed by atoms with van der Waals surface area (Å²) >= 11 is 0. The molecule has 1 heterocycles. The molecule has 1 fully saturated rings.